The van der Waals surface area contributed by atoms with Crippen molar-refractivity contribution in [2.24, 2.45) is 0 Å². The number of hydrogen-bond acceptors (Lipinski definition) is 7. The van der Waals surface area contributed by atoms with Crippen molar-refractivity contribution in [1.29, 1.82) is 0 Å². The van der Waals surface area contributed by atoms with Crippen molar-refractivity contribution in [3.63, 3.8) is 0 Å². The van der Waals surface area contributed by atoms with Gasteiger partial charge in [0.2, 0.25) is 11.7 Å². The van der Waals surface area contributed by atoms with Crippen LogP contribution in [0, 0.1) is 6.92 Å². The smallest absolute Gasteiger partial charge is 0.416 e. The molecule has 0 unspecified atom stereocenters. The summed E-state index contributed by atoms with van der Waals surface area (Å²) in [7, 11) is 0. The summed E-state index contributed by atoms with van der Waals surface area (Å²) in [5.74, 6) is -0.991. The van der Waals surface area contributed by atoms with E-state index in [0.717, 1.165) is 28.3 Å². The molecule has 0 bridgehead atoms. The molecule has 0 aliphatic rings. The van der Waals surface area contributed by atoms with Gasteiger partial charge in [-0.3, -0.25) is 4.79 Å². The number of anilines is 1. The van der Waals surface area contributed by atoms with Gasteiger partial charge in [0, 0.05) is 5.56 Å². The molecule has 158 valence electrons. The van der Waals surface area contributed by atoms with E-state index in [2.05, 4.69) is 20.7 Å². The molecule has 0 atom stereocenters. The summed E-state index contributed by atoms with van der Waals surface area (Å²) < 4.78 is 43.5. The van der Waals surface area contributed by atoms with Gasteiger partial charge in [0.05, 0.1) is 17.2 Å². The van der Waals surface area contributed by atoms with Gasteiger partial charge in [-0.2, -0.15) is 18.0 Å². The van der Waals surface area contributed by atoms with E-state index in [-0.39, 0.29) is 24.5 Å². The Morgan fingerprint density at radius 2 is 2.03 bits per heavy atom. The van der Waals surface area contributed by atoms with Crippen molar-refractivity contribution in [2.45, 2.75) is 26.6 Å². The van der Waals surface area contributed by atoms with Gasteiger partial charge in [0.25, 0.3) is 0 Å². The van der Waals surface area contributed by atoms with Crippen LogP contribution in [0.25, 0.3) is 11.4 Å². The van der Waals surface area contributed by atoms with Crippen LogP contribution in [0.2, 0.25) is 0 Å². The molecule has 1 N–H and O–H groups in total. The molecule has 1 amide bonds. The molecule has 3 rings (SSSR count). The van der Waals surface area contributed by atoms with Crippen LogP contribution >= 0.6 is 11.3 Å². The zero-order valence-electron chi connectivity index (χ0n) is 15.9. The quantitative estimate of drug-likeness (QED) is 0.590. The Balaban J connectivity index is 1.67. The third-order valence-electron chi connectivity index (χ3n) is 3.83. The first-order valence-electron chi connectivity index (χ1n) is 8.70. The van der Waals surface area contributed by atoms with Crippen LogP contribution in [0.5, 0.6) is 0 Å². The number of nitrogens with zero attached hydrogens (tertiary/aromatic N) is 4. The predicted octanol–water partition coefficient (Wildman–Crippen LogP) is 3.54. The van der Waals surface area contributed by atoms with Crippen LogP contribution in [0.4, 0.5) is 18.2 Å². The van der Waals surface area contributed by atoms with Crippen molar-refractivity contribution >= 4 is 28.2 Å². The number of halogens is 3. The summed E-state index contributed by atoms with van der Waals surface area (Å²) in [4.78, 5) is 25.4. The number of alkyl halides is 3. The largest absolute Gasteiger partial charge is 0.462 e. The molecule has 8 nitrogen and oxygen atoms in total. The highest BCUT2D eigenvalue weighted by molar-refractivity contribution is 7.18. The number of aryl methyl sites for hydroxylation is 1. The molecule has 0 aliphatic carbocycles. The zero-order chi connectivity index (χ0) is 21.9. The van der Waals surface area contributed by atoms with Gasteiger partial charge in [-0.15, -0.1) is 21.5 Å². The Hall–Kier alpha value is -3.28. The maximum atomic E-state index is 12.8. The van der Waals surface area contributed by atoms with E-state index >= 15 is 0 Å². The summed E-state index contributed by atoms with van der Waals surface area (Å²) in [5, 5.41) is 14.4. The minimum Gasteiger partial charge on any atom is -0.462 e. The van der Waals surface area contributed by atoms with Gasteiger partial charge in [-0.05, 0) is 42.8 Å². The van der Waals surface area contributed by atoms with Gasteiger partial charge < -0.3 is 10.1 Å². The number of carbonyl (C=O) groups is 2. The average Bonchev–Trinajstić information content (AvgIpc) is 3.28. The third-order valence-corrected chi connectivity index (χ3v) is 4.96. The lowest BCUT2D eigenvalue weighted by molar-refractivity contribution is -0.137. The number of esters is 1. The molecule has 12 heteroatoms. The Morgan fingerprint density at radius 3 is 2.73 bits per heavy atom. The monoisotopic (exact) mass is 439 g/mol. The minimum absolute atomic E-state index is 0.0366. The predicted molar refractivity (Wildman–Crippen MR) is 102 cm³/mol. The third kappa shape index (κ3) is 5.00. The number of thiophene rings is 1. The van der Waals surface area contributed by atoms with Gasteiger partial charge >= 0.3 is 12.1 Å². The fourth-order valence-corrected chi connectivity index (χ4v) is 3.49. The van der Waals surface area contributed by atoms with E-state index in [1.54, 1.807) is 19.9 Å². The minimum atomic E-state index is -4.49. The number of aromatic nitrogens is 4. The summed E-state index contributed by atoms with van der Waals surface area (Å²) in [5.41, 5.74) is -0.0385. The summed E-state index contributed by atoms with van der Waals surface area (Å²) in [6, 6.07) is 6.15. The van der Waals surface area contributed by atoms with Gasteiger partial charge in [0.15, 0.2) is 0 Å². The number of ether oxygens (including phenoxy) is 1. The lowest BCUT2D eigenvalue weighted by Gasteiger charge is -2.06. The zero-order valence-corrected chi connectivity index (χ0v) is 16.7. The van der Waals surface area contributed by atoms with E-state index in [0.29, 0.717) is 15.4 Å². The summed E-state index contributed by atoms with van der Waals surface area (Å²) >= 11 is 1.07. The molecular weight excluding hydrogens is 423 g/mol. The van der Waals surface area contributed by atoms with Crippen LogP contribution in [0.1, 0.15) is 27.7 Å². The van der Waals surface area contributed by atoms with Crippen molar-refractivity contribution < 1.29 is 27.5 Å². The molecular formula is C18H16F3N5O3S. The Kier molecular flexibility index (Phi) is 6.15. The van der Waals surface area contributed by atoms with Gasteiger partial charge in [-0.25, -0.2) is 4.79 Å². The van der Waals surface area contributed by atoms with E-state index in [9.17, 15) is 22.8 Å². The topological polar surface area (TPSA) is 99.0 Å². The maximum Gasteiger partial charge on any atom is 0.416 e. The number of amides is 1. The number of benzene rings is 1. The van der Waals surface area contributed by atoms with Crippen molar-refractivity contribution in [3.05, 3.63) is 46.3 Å². The fraction of sp³-hybridized carbons (Fsp3) is 0.278. The van der Waals surface area contributed by atoms with E-state index in [1.807, 2.05) is 0 Å². The molecule has 2 aromatic heterocycles. The lowest BCUT2D eigenvalue weighted by Crippen LogP contribution is -2.20. The lowest BCUT2D eigenvalue weighted by atomic mass is 10.1. The molecule has 0 saturated heterocycles. The first-order valence-corrected chi connectivity index (χ1v) is 9.52. The van der Waals surface area contributed by atoms with Crippen LogP contribution in [-0.2, 0) is 22.3 Å². The fourth-order valence-electron chi connectivity index (χ4n) is 2.51. The summed E-state index contributed by atoms with van der Waals surface area (Å²) in [6.07, 6.45) is -4.49. The van der Waals surface area contributed by atoms with Crippen molar-refractivity contribution in [2.75, 3.05) is 11.9 Å². The normalized spacial score (nSPS) is 11.4. The highest BCUT2D eigenvalue weighted by Gasteiger charge is 2.30. The van der Waals surface area contributed by atoms with Gasteiger partial charge in [-0.1, -0.05) is 12.1 Å². The molecule has 0 spiro atoms. The number of hydrogen-bond donors (Lipinski definition) is 1. The van der Waals surface area contributed by atoms with Crippen LogP contribution in [-0.4, -0.2) is 38.7 Å². The first-order chi connectivity index (χ1) is 14.2. The molecule has 3 aromatic rings. The Bertz CT molecular complexity index is 1080. The average molecular weight is 439 g/mol. The van der Waals surface area contributed by atoms with Crippen LogP contribution in [0.15, 0.2) is 30.3 Å². The highest BCUT2D eigenvalue weighted by Crippen LogP contribution is 2.31. The first kappa shape index (κ1) is 21.4. The van der Waals surface area contributed by atoms with E-state index in [1.165, 1.54) is 12.1 Å². The molecule has 1 aromatic carbocycles. The SMILES string of the molecule is CCOC(=O)c1sc(NC(=O)Cn2nnc(-c3cccc(C(F)(F)F)c3)n2)cc1C. The van der Waals surface area contributed by atoms with Gasteiger partial charge in [0.1, 0.15) is 11.4 Å². The summed E-state index contributed by atoms with van der Waals surface area (Å²) in [6.45, 7) is 3.35. The number of tetrazole rings is 1. The highest BCUT2D eigenvalue weighted by atomic mass is 32.1. The van der Waals surface area contributed by atoms with Crippen molar-refractivity contribution in [3.8, 4) is 11.4 Å². The molecule has 2 heterocycles. The molecule has 0 fully saturated rings. The molecule has 0 aliphatic heterocycles. The number of rotatable bonds is 6. The molecule has 0 radical (unpaired) electrons. The van der Waals surface area contributed by atoms with E-state index < -0.39 is 23.6 Å². The van der Waals surface area contributed by atoms with Crippen LogP contribution < -0.4 is 5.32 Å². The second-order valence-electron chi connectivity index (χ2n) is 6.11. The standard InChI is InChI=1S/C18H16F3N5O3S/c1-3-29-17(28)15-10(2)7-14(30-15)22-13(27)9-26-24-16(23-25-26)11-5-4-6-12(8-11)18(19,20)21/h4-8H,3,9H2,1-2H3,(H,22,27). The van der Waals surface area contributed by atoms with E-state index in [4.69, 9.17) is 4.74 Å². The Labute approximate surface area is 172 Å². The second-order valence-corrected chi connectivity index (χ2v) is 7.17. The number of carbonyl (C=O) groups excluding carboxylic acids is 2. The number of nitrogens with one attached hydrogen (secondary N) is 1. The molecule has 30 heavy (non-hydrogen) atoms. The Morgan fingerprint density at radius 1 is 1.27 bits per heavy atom. The molecule has 0 saturated carbocycles. The second kappa shape index (κ2) is 8.61. The van der Waals surface area contributed by atoms with Crippen molar-refractivity contribution in [1.82, 2.24) is 20.2 Å². The van der Waals surface area contributed by atoms with Crippen LogP contribution in [0.3, 0.4) is 0 Å². The maximum absolute atomic E-state index is 12.8.